The molecule has 1 amide bonds. The number of furan rings is 1. The third-order valence-corrected chi connectivity index (χ3v) is 3.76. The van der Waals surface area contributed by atoms with Crippen molar-refractivity contribution in [3.05, 3.63) is 47.0 Å². The molecule has 8 heteroatoms. The quantitative estimate of drug-likeness (QED) is 0.861. The van der Waals surface area contributed by atoms with Gasteiger partial charge >= 0.3 is 6.18 Å². The molecule has 3 heterocycles. The fourth-order valence-electron chi connectivity index (χ4n) is 2.51. The Hall–Kier alpha value is -2.51. The number of nitrogens with zero attached hydrogens (tertiary/aromatic N) is 2. The molecule has 0 aliphatic carbocycles. The first-order valence-corrected chi connectivity index (χ1v) is 7.30. The van der Waals surface area contributed by atoms with Gasteiger partial charge in [0.15, 0.2) is 0 Å². The van der Waals surface area contributed by atoms with Gasteiger partial charge in [0.2, 0.25) is 5.88 Å². The largest absolute Gasteiger partial charge is 0.471 e. The Balaban J connectivity index is 1.60. The van der Waals surface area contributed by atoms with Crippen LogP contribution >= 0.6 is 0 Å². The molecule has 0 aromatic carbocycles. The maximum absolute atomic E-state index is 12.7. The van der Waals surface area contributed by atoms with Crippen molar-refractivity contribution in [3.63, 3.8) is 0 Å². The van der Waals surface area contributed by atoms with Crippen LogP contribution in [-0.4, -0.2) is 35.0 Å². The van der Waals surface area contributed by atoms with Gasteiger partial charge in [-0.05, 0) is 26.0 Å². The number of carbonyl (C=O) groups excluding carboxylic acids is 1. The first-order valence-electron chi connectivity index (χ1n) is 7.30. The molecule has 2 aromatic rings. The van der Waals surface area contributed by atoms with Crippen molar-refractivity contribution in [2.24, 2.45) is 0 Å². The van der Waals surface area contributed by atoms with Crippen molar-refractivity contribution in [1.82, 2.24) is 9.88 Å². The fourth-order valence-corrected chi connectivity index (χ4v) is 2.51. The van der Waals surface area contributed by atoms with E-state index in [1.54, 1.807) is 24.8 Å². The molecule has 2 aromatic heterocycles. The van der Waals surface area contributed by atoms with Crippen LogP contribution in [0.4, 0.5) is 13.2 Å². The monoisotopic (exact) mass is 340 g/mol. The zero-order chi connectivity index (χ0) is 17.5. The summed E-state index contributed by atoms with van der Waals surface area (Å²) in [6.45, 7) is 4.05. The van der Waals surface area contributed by atoms with Crippen molar-refractivity contribution in [1.29, 1.82) is 0 Å². The first-order chi connectivity index (χ1) is 11.2. The predicted molar refractivity (Wildman–Crippen MR) is 77.7 cm³/mol. The Kier molecular flexibility index (Phi) is 3.98. The lowest BCUT2D eigenvalue weighted by Gasteiger charge is -2.38. The highest BCUT2D eigenvalue weighted by Crippen LogP contribution is 2.31. The molecule has 128 valence electrons. The number of hydrogen-bond acceptors (Lipinski definition) is 4. The maximum Gasteiger partial charge on any atom is 0.416 e. The number of rotatable bonds is 3. The van der Waals surface area contributed by atoms with Crippen LogP contribution in [0.2, 0.25) is 0 Å². The van der Waals surface area contributed by atoms with Gasteiger partial charge in [-0.2, -0.15) is 13.2 Å². The number of halogens is 3. The second-order valence-corrected chi connectivity index (χ2v) is 5.66. The molecule has 1 aliphatic rings. The minimum absolute atomic E-state index is 0.0998. The van der Waals surface area contributed by atoms with Gasteiger partial charge in [-0.1, -0.05) is 0 Å². The van der Waals surface area contributed by atoms with Gasteiger partial charge in [0.05, 0.1) is 24.2 Å². The van der Waals surface area contributed by atoms with Crippen LogP contribution in [0.15, 0.2) is 28.8 Å². The standard InChI is InChI=1S/C16H15F3N2O3/c1-9-5-13(10(2)23-9)15(22)21-7-12(8-21)24-14-6-11(3-4-20-14)16(17,18)19/h3-6,12H,7-8H2,1-2H3. The number of amides is 1. The highest BCUT2D eigenvalue weighted by molar-refractivity contribution is 5.95. The Labute approximate surface area is 136 Å². The third-order valence-electron chi connectivity index (χ3n) is 3.76. The van der Waals surface area contributed by atoms with Crippen molar-refractivity contribution in [3.8, 4) is 5.88 Å². The van der Waals surface area contributed by atoms with E-state index < -0.39 is 11.7 Å². The van der Waals surface area contributed by atoms with Gasteiger partial charge in [0.1, 0.15) is 17.6 Å². The summed E-state index contributed by atoms with van der Waals surface area (Å²) in [5, 5.41) is 0. The SMILES string of the molecule is Cc1cc(C(=O)N2CC(Oc3cc(C(F)(F)F)ccn3)C2)c(C)o1. The summed E-state index contributed by atoms with van der Waals surface area (Å²) in [6.07, 6.45) is -3.77. The predicted octanol–water partition coefficient (Wildman–Crippen LogP) is 3.21. The van der Waals surface area contributed by atoms with Crippen LogP contribution in [0.3, 0.4) is 0 Å². The summed E-state index contributed by atoms with van der Waals surface area (Å²) in [5.41, 5.74) is -0.326. The third kappa shape index (κ3) is 3.22. The molecule has 0 radical (unpaired) electrons. The molecule has 0 bridgehead atoms. The second kappa shape index (κ2) is 5.85. The van der Waals surface area contributed by atoms with Gasteiger partial charge in [0, 0.05) is 12.3 Å². The maximum atomic E-state index is 12.7. The molecule has 24 heavy (non-hydrogen) atoms. The number of aromatic nitrogens is 1. The van der Waals surface area contributed by atoms with E-state index in [9.17, 15) is 18.0 Å². The zero-order valence-electron chi connectivity index (χ0n) is 13.1. The van der Waals surface area contributed by atoms with Crippen LogP contribution in [0.25, 0.3) is 0 Å². The number of alkyl halides is 3. The number of aryl methyl sites for hydroxylation is 2. The van der Waals surface area contributed by atoms with E-state index in [2.05, 4.69) is 4.98 Å². The van der Waals surface area contributed by atoms with E-state index in [1.165, 1.54) is 0 Å². The van der Waals surface area contributed by atoms with E-state index in [0.717, 1.165) is 18.3 Å². The first kappa shape index (κ1) is 16.4. The molecule has 0 spiro atoms. The van der Waals surface area contributed by atoms with Crippen molar-refractivity contribution in [2.75, 3.05) is 13.1 Å². The molecule has 0 N–H and O–H groups in total. The summed E-state index contributed by atoms with van der Waals surface area (Å²) < 4.78 is 48.7. The van der Waals surface area contributed by atoms with Crippen LogP contribution in [-0.2, 0) is 6.18 Å². The molecule has 0 saturated carbocycles. The molecule has 3 rings (SSSR count). The molecule has 5 nitrogen and oxygen atoms in total. The van der Waals surface area contributed by atoms with E-state index in [-0.39, 0.29) is 17.9 Å². The smallest absolute Gasteiger partial charge is 0.416 e. The number of hydrogen-bond donors (Lipinski definition) is 0. The van der Waals surface area contributed by atoms with Gasteiger partial charge in [-0.3, -0.25) is 4.79 Å². The summed E-state index contributed by atoms with van der Waals surface area (Å²) in [6, 6.07) is 3.40. The Morgan fingerprint density at radius 1 is 1.33 bits per heavy atom. The number of likely N-dealkylation sites (tertiary alicyclic amines) is 1. The normalized spacial score (nSPS) is 15.3. The molecule has 1 fully saturated rings. The van der Waals surface area contributed by atoms with E-state index in [1.807, 2.05) is 0 Å². The van der Waals surface area contributed by atoms with E-state index in [0.29, 0.717) is 30.2 Å². The van der Waals surface area contributed by atoms with Crippen LogP contribution in [0, 0.1) is 13.8 Å². The minimum atomic E-state index is -4.45. The van der Waals surface area contributed by atoms with Gasteiger partial charge in [0.25, 0.3) is 5.91 Å². The molecular formula is C16H15F3N2O3. The average Bonchev–Trinajstić information content (AvgIpc) is 2.80. The zero-order valence-corrected chi connectivity index (χ0v) is 13.1. The molecule has 0 unspecified atom stereocenters. The summed E-state index contributed by atoms with van der Waals surface area (Å²) in [4.78, 5) is 17.6. The Bertz CT molecular complexity index is 764. The second-order valence-electron chi connectivity index (χ2n) is 5.66. The fraction of sp³-hybridized carbons (Fsp3) is 0.375. The van der Waals surface area contributed by atoms with Gasteiger partial charge in [-0.15, -0.1) is 0 Å². The number of pyridine rings is 1. The Morgan fingerprint density at radius 2 is 2.04 bits per heavy atom. The summed E-state index contributed by atoms with van der Waals surface area (Å²) in [5.74, 6) is 0.914. The lowest BCUT2D eigenvalue weighted by molar-refractivity contribution is -0.137. The van der Waals surface area contributed by atoms with Crippen LogP contribution in [0.1, 0.15) is 27.4 Å². The lowest BCUT2D eigenvalue weighted by Crippen LogP contribution is -2.56. The average molecular weight is 340 g/mol. The molecule has 1 saturated heterocycles. The highest BCUT2D eigenvalue weighted by atomic mass is 19.4. The van der Waals surface area contributed by atoms with Crippen molar-refractivity contribution in [2.45, 2.75) is 26.1 Å². The molecule has 0 atom stereocenters. The number of ether oxygens (including phenoxy) is 1. The van der Waals surface area contributed by atoms with Crippen molar-refractivity contribution < 1.29 is 27.1 Å². The van der Waals surface area contributed by atoms with Gasteiger partial charge in [-0.25, -0.2) is 4.98 Å². The molecule has 1 aliphatic heterocycles. The molecular weight excluding hydrogens is 325 g/mol. The van der Waals surface area contributed by atoms with E-state index >= 15 is 0 Å². The minimum Gasteiger partial charge on any atom is -0.471 e. The summed E-state index contributed by atoms with van der Waals surface area (Å²) >= 11 is 0. The Morgan fingerprint density at radius 3 is 2.62 bits per heavy atom. The lowest BCUT2D eigenvalue weighted by atomic mass is 10.1. The van der Waals surface area contributed by atoms with E-state index in [4.69, 9.17) is 9.15 Å². The van der Waals surface area contributed by atoms with Gasteiger partial charge < -0.3 is 14.1 Å². The summed E-state index contributed by atoms with van der Waals surface area (Å²) in [7, 11) is 0. The number of carbonyl (C=O) groups is 1. The van der Waals surface area contributed by atoms with Crippen LogP contribution in [0.5, 0.6) is 5.88 Å². The highest BCUT2D eigenvalue weighted by Gasteiger charge is 2.35. The topological polar surface area (TPSA) is 55.6 Å². The van der Waals surface area contributed by atoms with Crippen molar-refractivity contribution >= 4 is 5.91 Å². The van der Waals surface area contributed by atoms with Crippen LogP contribution < -0.4 is 4.74 Å².